The molecule has 146 valence electrons. The summed E-state index contributed by atoms with van der Waals surface area (Å²) in [6.45, 7) is 1.52. The normalized spacial score (nSPS) is 12.5. The quantitative estimate of drug-likeness (QED) is 0.615. The molecule has 2 aromatic carbocycles. The Morgan fingerprint density at radius 1 is 1.04 bits per heavy atom. The summed E-state index contributed by atoms with van der Waals surface area (Å²) in [5.74, 6) is -1.06. The van der Waals surface area contributed by atoms with Crippen LogP contribution in [0, 0.1) is 0 Å². The zero-order valence-electron chi connectivity index (χ0n) is 15.7. The van der Waals surface area contributed by atoms with Crippen molar-refractivity contribution in [3.05, 3.63) is 66.4 Å². The number of hydrogen-bond donors (Lipinski definition) is 0. The van der Waals surface area contributed by atoms with E-state index >= 15 is 0 Å². The molecule has 1 atom stereocenters. The van der Waals surface area contributed by atoms with Gasteiger partial charge in [-0.15, -0.1) is 0 Å². The molecule has 7 nitrogen and oxygen atoms in total. The molecule has 0 bridgehead atoms. The summed E-state index contributed by atoms with van der Waals surface area (Å²) < 4.78 is 32.0. The Kier molecular flexibility index (Phi) is 5.24. The second-order valence-corrected chi connectivity index (χ2v) is 8.19. The van der Waals surface area contributed by atoms with Crippen LogP contribution in [-0.2, 0) is 14.8 Å². The molecule has 8 heteroatoms. The van der Waals surface area contributed by atoms with Crippen LogP contribution in [0.2, 0.25) is 0 Å². The number of benzene rings is 2. The molecule has 0 aliphatic carbocycles. The van der Waals surface area contributed by atoms with Crippen LogP contribution in [0.1, 0.15) is 22.1 Å². The third-order valence-electron chi connectivity index (χ3n) is 4.43. The average molecular weight is 400 g/mol. The summed E-state index contributed by atoms with van der Waals surface area (Å²) in [6.07, 6.45) is 2.44. The first-order chi connectivity index (χ1) is 13.3. The number of nitrogens with zero attached hydrogens (tertiary/aromatic N) is 2. The molecular formula is C20H20N2O5S. The fourth-order valence-corrected chi connectivity index (χ4v) is 4.38. The van der Waals surface area contributed by atoms with E-state index in [0.29, 0.717) is 16.6 Å². The highest BCUT2D eigenvalue weighted by Gasteiger charge is 2.31. The molecule has 0 unspecified atom stereocenters. The lowest BCUT2D eigenvalue weighted by Crippen LogP contribution is -2.44. The highest BCUT2D eigenvalue weighted by Crippen LogP contribution is 2.25. The summed E-state index contributed by atoms with van der Waals surface area (Å²) in [4.78, 5) is 25.3. The Morgan fingerprint density at radius 2 is 1.64 bits per heavy atom. The SMILES string of the molecule is COC(=O)c1cn(C(=O)[C@@H](C)N(c2ccccc2)S(C)(=O)=O)c2ccccc12. The van der Waals surface area contributed by atoms with Crippen molar-refractivity contribution in [1.82, 2.24) is 4.57 Å². The third-order valence-corrected chi connectivity index (χ3v) is 5.67. The number of carbonyl (C=O) groups is 2. The highest BCUT2D eigenvalue weighted by molar-refractivity contribution is 7.92. The third kappa shape index (κ3) is 3.50. The van der Waals surface area contributed by atoms with Gasteiger partial charge < -0.3 is 4.74 Å². The van der Waals surface area contributed by atoms with Crippen LogP contribution in [-0.4, -0.2) is 44.3 Å². The van der Waals surface area contributed by atoms with Crippen molar-refractivity contribution >= 4 is 38.5 Å². The van der Waals surface area contributed by atoms with Gasteiger partial charge in [-0.3, -0.25) is 13.7 Å². The predicted molar refractivity (Wildman–Crippen MR) is 107 cm³/mol. The van der Waals surface area contributed by atoms with Gasteiger partial charge in [0, 0.05) is 11.6 Å². The monoisotopic (exact) mass is 400 g/mol. The molecule has 1 heterocycles. The molecule has 0 aliphatic rings. The first-order valence-electron chi connectivity index (χ1n) is 8.52. The van der Waals surface area contributed by atoms with Crippen molar-refractivity contribution in [3.63, 3.8) is 0 Å². The van der Waals surface area contributed by atoms with E-state index in [0.717, 1.165) is 10.6 Å². The van der Waals surface area contributed by atoms with Gasteiger partial charge >= 0.3 is 5.97 Å². The second kappa shape index (κ2) is 7.47. The van der Waals surface area contributed by atoms with Crippen LogP contribution < -0.4 is 4.31 Å². The highest BCUT2D eigenvalue weighted by atomic mass is 32.2. The number of fused-ring (bicyclic) bond motifs is 1. The molecule has 3 rings (SSSR count). The van der Waals surface area contributed by atoms with Gasteiger partial charge in [0.25, 0.3) is 5.91 Å². The zero-order valence-corrected chi connectivity index (χ0v) is 16.5. The molecular weight excluding hydrogens is 380 g/mol. The average Bonchev–Trinajstić information content (AvgIpc) is 3.06. The molecule has 0 saturated carbocycles. The standard InChI is InChI=1S/C20H20N2O5S/c1-14(22(28(3,25)26)15-9-5-4-6-10-15)19(23)21-13-17(20(24)27-2)16-11-7-8-12-18(16)21/h4-14H,1-3H3/t14-/m1/s1. The van der Waals surface area contributed by atoms with Crippen molar-refractivity contribution < 1.29 is 22.7 Å². The van der Waals surface area contributed by atoms with Gasteiger partial charge in [-0.25, -0.2) is 13.2 Å². The van der Waals surface area contributed by atoms with E-state index < -0.39 is 27.9 Å². The first-order valence-corrected chi connectivity index (χ1v) is 10.4. The van der Waals surface area contributed by atoms with Gasteiger partial charge in [0.15, 0.2) is 0 Å². The molecule has 0 fully saturated rings. The molecule has 0 radical (unpaired) electrons. The maximum atomic E-state index is 13.2. The van der Waals surface area contributed by atoms with Gasteiger partial charge in [0.1, 0.15) is 6.04 Å². The molecule has 0 spiro atoms. The van der Waals surface area contributed by atoms with Crippen molar-refractivity contribution in [2.24, 2.45) is 0 Å². The van der Waals surface area contributed by atoms with Crippen LogP contribution >= 0.6 is 0 Å². The number of hydrogen-bond acceptors (Lipinski definition) is 5. The summed E-state index contributed by atoms with van der Waals surface area (Å²) in [7, 11) is -2.47. The smallest absolute Gasteiger partial charge is 0.340 e. The second-order valence-electron chi connectivity index (χ2n) is 6.33. The maximum Gasteiger partial charge on any atom is 0.340 e. The van der Waals surface area contributed by atoms with Gasteiger partial charge in [-0.2, -0.15) is 0 Å². The number of ether oxygens (including phenoxy) is 1. The van der Waals surface area contributed by atoms with E-state index in [4.69, 9.17) is 4.74 Å². The fourth-order valence-electron chi connectivity index (χ4n) is 3.21. The van der Waals surface area contributed by atoms with E-state index in [1.807, 2.05) is 0 Å². The number of esters is 1. The minimum Gasteiger partial charge on any atom is -0.465 e. The Morgan fingerprint density at radius 3 is 2.25 bits per heavy atom. The fraction of sp³-hybridized carbons (Fsp3) is 0.200. The number of aromatic nitrogens is 1. The van der Waals surface area contributed by atoms with Crippen LogP contribution in [0.3, 0.4) is 0 Å². The predicted octanol–water partition coefficient (Wildman–Crippen LogP) is 2.92. The Bertz CT molecular complexity index is 1140. The molecule has 0 N–H and O–H groups in total. The van der Waals surface area contributed by atoms with E-state index in [-0.39, 0.29) is 5.56 Å². The van der Waals surface area contributed by atoms with E-state index in [1.165, 1.54) is 24.8 Å². The lowest BCUT2D eigenvalue weighted by atomic mass is 10.2. The van der Waals surface area contributed by atoms with Gasteiger partial charge in [-0.1, -0.05) is 36.4 Å². The molecule has 28 heavy (non-hydrogen) atoms. The Balaban J connectivity index is 2.12. The minimum atomic E-state index is -3.73. The van der Waals surface area contributed by atoms with Crippen molar-refractivity contribution in [2.75, 3.05) is 17.7 Å². The van der Waals surface area contributed by atoms with Crippen molar-refractivity contribution in [3.8, 4) is 0 Å². The summed E-state index contributed by atoms with van der Waals surface area (Å²) in [5, 5.41) is 0.556. The minimum absolute atomic E-state index is 0.240. The summed E-state index contributed by atoms with van der Waals surface area (Å²) >= 11 is 0. The summed E-state index contributed by atoms with van der Waals surface area (Å²) in [5.41, 5.74) is 1.13. The first kappa shape index (κ1) is 19.6. The maximum absolute atomic E-state index is 13.2. The molecule has 1 aromatic heterocycles. The number of sulfonamides is 1. The molecule has 0 saturated heterocycles. The van der Waals surface area contributed by atoms with Crippen molar-refractivity contribution in [2.45, 2.75) is 13.0 Å². The van der Waals surface area contributed by atoms with Crippen LogP contribution in [0.5, 0.6) is 0 Å². The topological polar surface area (TPSA) is 85.7 Å². The number of anilines is 1. The molecule has 3 aromatic rings. The lowest BCUT2D eigenvalue weighted by Gasteiger charge is -2.28. The number of para-hydroxylation sites is 2. The van der Waals surface area contributed by atoms with Gasteiger partial charge in [0.05, 0.1) is 30.1 Å². The van der Waals surface area contributed by atoms with Crippen LogP contribution in [0.4, 0.5) is 5.69 Å². The van der Waals surface area contributed by atoms with Crippen LogP contribution in [0.25, 0.3) is 10.9 Å². The Hall–Kier alpha value is -3.13. The molecule has 0 amide bonds. The van der Waals surface area contributed by atoms with Gasteiger partial charge in [-0.05, 0) is 25.1 Å². The van der Waals surface area contributed by atoms with E-state index in [9.17, 15) is 18.0 Å². The number of methoxy groups -OCH3 is 1. The van der Waals surface area contributed by atoms with E-state index in [1.54, 1.807) is 54.6 Å². The number of rotatable bonds is 5. The summed E-state index contributed by atoms with van der Waals surface area (Å²) in [6, 6.07) is 14.3. The van der Waals surface area contributed by atoms with Crippen molar-refractivity contribution in [1.29, 1.82) is 0 Å². The molecule has 0 aliphatic heterocycles. The van der Waals surface area contributed by atoms with E-state index in [2.05, 4.69) is 0 Å². The van der Waals surface area contributed by atoms with Gasteiger partial charge in [0.2, 0.25) is 10.0 Å². The zero-order chi connectivity index (χ0) is 20.5. The van der Waals surface area contributed by atoms with Crippen LogP contribution in [0.15, 0.2) is 60.8 Å². The largest absolute Gasteiger partial charge is 0.465 e. The Labute approximate surface area is 163 Å². The lowest BCUT2D eigenvalue weighted by molar-refractivity contribution is 0.0603. The number of carbonyl (C=O) groups excluding carboxylic acids is 2.